The van der Waals surface area contributed by atoms with Crippen LogP contribution in [0.4, 0.5) is 9.18 Å². The van der Waals surface area contributed by atoms with Crippen LogP contribution in [0, 0.1) is 5.82 Å². The molecule has 0 heterocycles. The maximum atomic E-state index is 13.5. The Bertz CT molecular complexity index is 515. The fraction of sp³-hybridized carbons (Fsp3) is 0.588. The number of nitrogens with two attached hydrogens (primary N) is 1. The van der Waals surface area contributed by atoms with E-state index in [-0.39, 0.29) is 5.82 Å². The Morgan fingerprint density at radius 3 is 2.65 bits per heavy atom. The molecule has 1 aromatic carbocycles. The first kappa shape index (κ1) is 19.2. The van der Waals surface area contributed by atoms with Crippen molar-refractivity contribution in [1.29, 1.82) is 0 Å². The van der Waals surface area contributed by atoms with Crippen LogP contribution in [-0.4, -0.2) is 24.8 Å². The summed E-state index contributed by atoms with van der Waals surface area (Å²) in [7, 11) is 0. The van der Waals surface area contributed by atoms with Crippen LogP contribution in [0.3, 0.4) is 0 Å². The second kappa shape index (κ2) is 8.72. The summed E-state index contributed by atoms with van der Waals surface area (Å²) in [6, 6.07) is 3.83. The molecule has 1 rings (SSSR count). The van der Waals surface area contributed by atoms with Crippen molar-refractivity contribution < 1.29 is 18.7 Å². The molecule has 0 spiro atoms. The molecule has 0 aliphatic rings. The summed E-state index contributed by atoms with van der Waals surface area (Å²) < 4.78 is 24.4. The molecule has 0 bridgehead atoms. The van der Waals surface area contributed by atoms with Gasteiger partial charge in [0.25, 0.3) is 0 Å². The maximum Gasteiger partial charge on any atom is 0.408 e. The van der Waals surface area contributed by atoms with Crippen LogP contribution in [0.2, 0.25) is 0 Å². The van der Waals surface area contributed by atoms with Gasteiger partial charge in [-0.15, -0.1) is 0 Å². The lowest BCUT2D eigenvalue weighted by molar-refractivity contribution is 0.0507. The van der Waals surface area contributed by atoms with Crippen molar-refractivity contribution in [3.8, 4) is 5.75 Å². The molecule has 1 amide bonds. The van der Waals surface area contributed by atoms with E-state index in [0.717, 1.165) is 12.8 Å². The Kier molecular flexibility index (Phi) is 7.29. The summed E-state index contributed by atoms with van der Waals surface area (Å²) in [6.45, 7) is 8.21. The Labute approximate surface area is 137 Å². The fourth-order valence-electron chi connectivity index (χ4n) is 1.98. The van der Waals surface area contributed by atoms with Gasteiger partial charge in [0.1, 0.15) is 17.2 Å². The second-order valence-electron chi connectivity index (χ2n) is 6.39. The molecule has 5 nitrogen and oxygen atoms in total. The lowest BCUT2D eigenvalue weighted by atomic mass is 10.1. The number of benzene rings is 1. The minimum atomic E-state index is -0.590. The third-order valence-corrected chi connectivity index (χ3v) is 3.03. The molecule has 0 radical (unpaired) electrons. The van der Waals surface area contributed by atoms with Crippen LogP contribution in [0.5, 0.6) is 5.75 Å². The number of carbonyl (C=O) groups excluding carboxylic acids is 1. The third-order valence-electron chi connectivity index (χ3n) is 3.03. The molecule has 0 aromatic heterocycles. The summed E-state index contributed by atoms with van der Waals surface area (Å²) in [5, 5.41) is 2.69. The number of unbranched alkanes of at least 4 members (excludes halogenated alkanes) is 1. The smallest absolute Gasteiger partial charge is 0.408 e. The van der Waals surface area contributed by atoms with E-state index in [1.54, 1.807) is 33.8 Å². The molecular weight excluding hydrogens is 299 g/mol. The summed E-state index contributed by atoms with van der Waals surface area (Å²) in [5.74, 6) is 0.166. The van der Waals surface area contributed by atoms with Gasteiger partial charge < -0.3 is 20.5 Å². The topological polar surface area (TPSA) is 73.6 Å². The van der Waals surface area contributed by atoms with E-state index in [2.05, 4.69) is 5.32 Å². The largest absolute Gasteiger partial charge is 0.493 e. The Balaban J connectivity index is 2.75. The van der Waals surface area contributed by atoms with E-state index >= 15 is 0 Å². The standard InChI is InChI=1S/C17H27FN2O3/c1-12(20-16(21)23-17(2,3)4)14-11-13(18)7-8-15(14)22-10-6-5-9-19/h7-8,11-12H,5-6,9-10,19H2,1-4H3,(H,20,21)/t12-/m1/s1. The molecule has 0 fully saturated rings. The molecular formula is C17H27FN2O3. The molecule has 0 unspecified atom stereocenters. The van der Waals surface area contributed by atoms with Crippen molar-refractivity contribution in [1.82, 2.24) is 5.32 Å². The lowest BCUT2D eigenvalue weighted by Gasteiger charge is -2.23. The van der Waals surface area contributed by atoms with Crippen molar-refractivity contribution in [2.75, 3.05) is 13.2 Å². The molecule has 0 aliphatic heterocycles. The number of nitrogens with one attached hydrogen (secondary N) is 1. The number of rotatable bonds is 7. The van der Waals surface area contributed by atoms with Gasteiger partial charge in [-0.3, -0.25) is 0 Å². The van der Waals surface area contributed by atoms with Crippen molar-refractivity contribution >= 4 is 6.09 Å². The van der Waals surface area contributed by atoms with Gasteiger partial charge in [0.05, 0.1) is 12.6 Å². The number of ether oxygens (including phenoxy) is 2. The average molecular weight is 326 g/mol. The van der Waals surface area contributed by atoms with Gasteiger partial charge in [-0.05, 0) is 65.3 Å². The number of carbonyl (C=O) groups is 1. The molecule has 23 heavy (non-hydrogen) atoms. The van der Waals surface area contributed by atoms with E-state index in [9.17, 15) is 9.18 Å². The molecule has 1 atom stereocenters. The first-order chi connectivity index (χ1) is 10.7. The fourth-order valence-corrected chi connectivity index (χ4v) is 1.98. The summed E-state index contributed by atoms with van der Waals surface area (Å²) >= 11 is 0. The predicted octanol–water partition coefficient (Wildman–Crippen LogP) is 3.53. The molecule has 0 saturated heterocycles. The Hall–Kier alpha value is -1.82. The molecule has 0 aliphatic carbocycles. The molecule has 130 valence electrons. The van der Waals surface area contributed by atoms with Gasteiger partial charge in [0, 0.05) is 5.56 Å². The summed E-state index contributed by atoms with van der Waals surface area (Å²) in [6.07, 6.45) is 1.13. The zero-order valence-corrected chi connectivity index (χ0v) is 14.3. The van der Waals surface area contributed by atoms with Crippen molar-refractivity contribution in [2.24, 2.45) is 5.73 Å². The Morgan fingerprint density at radius 2 is 2.04 bits per heavy atom. The van der Waals surface area contributed by atoms with Crippen LogP contribution < -0.4 is 15.8 Å². The van der Waals surface area contributed by atoms with Gasteiger partial charge in [-0.25, -0.2) is 9.18 Å². The van der Waals surface area contributed by atoms with Crippen LogP contribution in [0.25, 0.3) is 0 Å². The molecule has 1 aromatic rings. The monoisotopic (exact) mass is 326 g/mol. The molecule has 6 heteroatoms. The average Bonchev–Trinajstić information content (AvgIpc) is 2.42. The minimum Gasteiger partial charge on any atom is -0.493 e. The van der Waals surface area contributed by atoms with Crippen LogP contribution in [0.1, 0.15) is 52.1 Å². The van der Waals surface area contributed by atoms with E-state index in [1.807, 2.05) is 0 Å². The lowest BCUT2D eigenvalue weighted by Crippen LogP contribution is -2.34. The number of halogens is 1. The van der Waals surface area contributed by atoms with Crippen molar-refractivity contribution in [2.45, 2.75) is 52.2 Å². The minimum absolute atomic E-state index is 0.382. The SMILES string of the molecule is C[C@@H](NC(=O)OC(C)(C)C)c1cc(F)ccc1OCCCCN. The van der Waals surface area contributed by atoms with E-state index in [0.29, 0.717) is 24.5 Å². The van der Waals surface area contributed by atoms with Gasteiger partial charge in [0.2, 0.25) is 0 Å². The normalized spacial score (nSPS) is 12.6. The zero-order valence-electron chi connectivity index (χ0n) is 14.3. The number of alkyl carbamates (subject to hydrolysis) is 1. The maximum absolute atomic E-state index is 13.5. The van der Waals surface area contributed by atoms with Gasteiger partial charge >= 0.3 is 6.09 Å². The predicted molar refractivity (Wildman–Crippen MR) is 88.0 cm³/mol. The summed E-state index contributed by atoms with van der Waals surface area (Å²) in [4.78, 5) is 11.9. The van der Waals surface area contributed by atoms with Gasteiger partial charge in [-0.2, -0.15) is 0 Å². The second-order valence-corrected chi connectivity index (χ2v) is 6.39. The zero-order chi connectivity index (χ0) is 17.5. The van der Waals surface area contributed by atoms with Crippen LogP contribution in [-0.2, 0) is 4.74 Å². The highest BCUT2D eigenvalue weighted by Crippen LogP contribution is 2.26. The number of hydrogen-bond acceptors (Lipinski definition) is 4. The van der Waals surface area contributed by atoms with Gasteiger partial charge in [0.15, 0.2) is 0 Å². The highest BCUT2D eigenvalue weighted by Gasteiger charge is 2.20. The Morgan fingerprint density at radius 1 is 1.35 bits per heavy atom. The first-order valence-electron chi connectivity index (χ1n) is 7.85. The van der Waals surface area contributed by atoms with Crippen molar-refractivity contribution in [3.63, 3.8) is 0 Å². The van der Waals surface area contributed by atoms with E-state index < -0.39 is 17.7 Å². The quantitative estimate of drug-likeness (QED) is 0.752. The van der Waals surface area contributed by atoms with Crippen molar-refractivity contribution in [3.05, 3.63) is 29.6 Å². The molecule has 0 saturated carbocycles. The third kappa shape index (κ3) is 7.32. The first-order valence-corrected chi connectivity index (χ1v) is 7.85. The number of amides is 1. The van der Waals surface area contributed by atoms with E-state index in [1.165, 1.54) is 12.1 Å². The number of hydrogen-bond donors (Lipinski definition) is 2. The highest BCUT2D eigenvalue weighted by molar-refractivity contribution is 5.68. The molecule has 3 N–H and O–H groups in total. The highest BCUT2D eigenvalue weighted by atomic mass is 19.1. The van der Waals surface area contributed by atoms with Crippen LogP contribution >= 0.6 is 0 Å². The van der Waals surface area contributed by atoms with Gasteiger partial charge in [-0.1, -0.05) is 0 Å². The van der Waals surface area contributed by atoms with E-state index in [4.69, 9.17) is 15.2 Å². The van der Waals surface area contributed by atoms with Crippen LogP contribution in [0.15, 0.2) is 18.2 Å². The summed E-state index contributed by atoms with van der Waals surface area (Å²) in [5.41, 5.74) is 5.43.